The van der Waals surface area contributed by atoms with Crippen LogP contribution in [-0.4, -0.2) is 11.6 Å². The first kappa shape index (κ1) is 11.7. The van der Waals surface area contributed by atoms with Crippen LogP contribution < -0.4 is 5.32 Å². The molecule has 1 N–H and O–H groups in total. The molecule has 3 nitrogen and oxygen atoms in total. The van der Waals surface area contributed by atoms with E-state index in [4.69, 9.17) is 4.42 Å². The summed E-state index contributed by atoms with van der Waals surface area (Å²) in [6.07, 6.45) is 3.42. The molecule has 0 radical (unpaired) electrons. The predicted octanol–water partition coefficient (Wildman–Crippen LogP) is 3.87. The number of halogens is 1. The zero-order valence-corrected chi connectivity index (χ0v) is 10.9. The first-order chi connectivity index (χ1) is 9.68. The van der Waals surface area contributed by atoms with E-state index in [1.807, 2.05) is 30.3 Å². The predicted molar refractivity (Wildman–Crippen MR) is 73.2 cm³/mol. The summed E-state index contributed by atoms with van der Waals surface area (Å²) in [6.45, 7) is 0. The van der Waals surface area contributed by atoms with E-state index in [2.05, 4.69) is 5.32 Å². The number of benzene rings is 1. The Morgan fingerprint density at radius 3 is 3.05 bits per heavy atom. The third-order valence-electron chi connectivity index (χ3n) is 4.45. The Bertz CT molecular complexity index is 680. The van der Waals surface area contributed by atoms with Gasteiger partial charge in [-0.15, -0.1) is 0 Å². The average molecular weight is 271 g/mol. The minimum Gasteiger partial charge on any atom is -0.464 e. The molecule has 1 aliphatic heterocycles. The standard InChI is InChI=1S/C16H14FNO2/c17-16-7-1-3-12(16)11-6-5-10(14-4-2-8-20-14)9-13(11)18-15(16)19/h2,4-6,8-9,12H,1,3,7H2,(H,18,19). The van der Waals surface area contributed by atoms with Gasteiger partial charge < -0.3 is 9.73 Å². The molecular formula is C16H14FNO2. The second-order valence-corrected chi connectivity index (χ2v) is 5.54. The van der Waals surface area contributed by atoms with Crippen LogP contribution in [0.15, 0.2) is 41.0 Å². The van der Waals surface area contributed by atoms with Crippen LogP contribution in [0.25, 0.3) is 11.3 Å². The quantitative estimate of drug-likeness (QED) is 0.855. The summed E-state index contributed by atoms with van der Waals surface area (Å²) in [6, 6.07) is 9.38. The molecule has 2 unspecified atom stereocenters. The highest BCUT2D eigenvalue weighted by Gasteiger charge is 2.53. The van der Waals surface area contributed by atoms with Gasteiger partial charge in [-0.1, -0.05) is 12.1 Å². The van der Waals surface area contributed by atoms with E-state index in [1.54, 1.807) is 6.26 Å². The summed E-state index contributed by atoms with van der Waals surface area (Å²) in [5, 5.41) is 2.72. The van der Waals surface area contributed by atoms with E-state index in [0.717, 1.165) is 29.7 Å². The summed E-state index contributed by atoms with van der Waals surface area (Å²) < 4.78 is 20.1. The molecule has 1 saturated carbocycles. The molecule has 1 fully saturated rings. The van der Waals surface area contributed by atoms with Crippen LogP contribution in [0.2, 0.25) is 0 Å². The summed E-state index contributed by atoms with van der Waals surface area (Å²) >= 11 is 0. The van der Waals surface area contributed by atoms with Crippen LogP contribution in [-0.2, 0) is 4.79 Å². The Labute approximate surface area is 115 Å². The second kappa shape index (κ2) is 3.95. The van der Waals surface area contributed by atoms with Crippen LogP contribution in [0, 0.1) is 0 Å². The maximum Gasteiger partial charge on any atom is 0.262 e. The molecule has 1 aromatic heterocycles. The monoisotopic (exact) mass is 271 g/mol. The van der Waals surface area contributed by atoms with Gasteiger partial charge in [0.15, 0.2) is 5.67 Å². The molecular weight excluding hydrogens is 257 g/mol. The summed E-state index contributed by atoms with van der Waals surface area (Å²) in [7, 11) is 0. The van der Waals surface area contributed by atoms with E-state index in [9.17, 15) is 9.18 Å². The number of amides is 1. The number of fused-ring (bicyclic) bond motifs is 3. The molecule has 1 aromatic carbocycles. The Balaban J connectivity index is 1.82. The fraction of sp³-hybridized carbons (Fsp3) is 0.312. The van der Waals surface area contributed by atoms with Gasteiger partial charge in [-0.2, -0.15) is 0 Å². The number of anilines is 1. The summed E-state index contributed by atoms with van der Waals surface area (Å²) in [4.78, 5) is 12.0. The topological polar surface area (TPSA) is 42.2 Å². The number of carbonyl (C=O) groups excluding carboxylic acids is 1. The fourth-order valence-electron chi connectivity index (χ4n) is 3.43. The van der Waals surface area contributed by atoms with Crippen LogP contribution in [0.1, 0.15) is 30.7 Å². The summed E-state index contributed by atoms with van der Waals surface area (Å²) in [5.74, 6) is -0.0634. The number of furan rings is 1. The van der Waals surface area contributed by atoms with Gasteiger partial charge in [-0.05, 0) is 43.0 Å². The molecule has 1 amide bonds. The van der Waals surface area contributed by atoms with E-state index < -0.39 is 11.6 Å². The van der Waals surface area contributed by atoms with Crippen molar-refractivity contribution in [2.45, 2.75) is 30.8 Å². The first-order valence-electron chi connectivity index (χ1n) is 6.87. The molecule has 2 aromatic rings. The van der Waals surface area contributed by atoms with Gasteiger partial charge >= 0.3 is 0 Å². The van der Waals surface area contributed by atoms with E-state index in [1.165, 1.54) is 0 Å². The van der Waals surface area contributed by atoms with Crippen molar-refractivity contribution < 1.29 is 13.6 Å². The van der Waals surface area contributed by atoms with Gasteiger partial charge in [0.2, 0.25) is 0 Å². The van der Waals surface area contributed by atoms with Crippen LogP contribution in [0.3, 0.4) is 0 Å². The molecule has 4 heteroatoms. The molecule has 2 atom stereocenters. The number of nitrogens with one attached hydrogen (secondary N) is 1. The lowest BCUT2D eigenvalue weighted by Gasteiger charge is -2.33. The lowest BCUT2D eigenvalue weighted by Crippen LogP contribution is -2.44. The SMILES string of the molecule is O=C1Nc2cc(-c3ccco3)ccc2C2CCCC12F. The van der Waals surface area contributed by atoms with Gasteiger partial charge in [0.25, 0.3) is 5.91 Å². The fourth-order valence-corrected chi connectivity index (χ4v) is 3.43. The zero-order valence-electron chi connectivity index (χ0n) is 10.9. The van der Waals surface area contributed by atoms with E-state index in [0.29, 0.717) is 12.1 Å². The smallest absolute Gasteiger partial charge is 0.262 e. The Morgan fingerprint density at radius 1 is 1.35 bits per heavy atom. The molecule has 0 spiro atoms. The van der Waals surface area contributed by atoms with Gasteiger partial charge in [0, 0.05) is 17.2 Å². The number of hydrogen-bond acceptors (Lipinski definition) is 2. The van der Waals surface area contributed by atoms with Gasteiger partial charge in [0.05, 0.1) is 6.26 Å². The Morgan fingerprint density at radius 2 is 2.25 bits per heavy atom. The van der Waals surface area contributed by atoms with E-state index in [-0.39, 0.29) is 5.92 Å². The van der Waals surface area contributed by atoms with Crippen molar-refractivity contribution in [1.29, 1.82) is 0 Å². The Hall–Kier alpha value is -2.10. The number of alkyl halides is 1. The van der Waals surface area contributed by atoms with Crippen molar-refractivity contribution in [1.82, 2.24) is 0 Å². The molecule has 0 saturated heterocycles. The highest BCUT2D eigenvalue weighted by molar-refractivity contribution is 6.02. The number of rotatable bonds is 1. The molecule has 102 valence electrons. The van der Waals surface area contributed by atoms with Crippen molar-refractivity contribution in [2.24, 2.45) is 0 Å². The molecule has 2 aliphatic rings. The average Bonchev–Trinajstić information content (AvgIpc) is 3.08. The normalized spacial score (nSPS) is 27.9. The second-order valence-electron chi connectivity index (χ2n) is 5.54. The Kier molecular flexibility index (Phi) is 2.31. The van der Waals surface area contributed by atoms with Crippen molar-refractivity contribution in [3.63, 3.8) is 0 Å². The molecule has 1 aliphatic carbocycles. The lowest BCUT2D eigenvalue weighted by atomic mass is 9.81. The van der Waals surface area contributed by atoms with Gasteiger partial charge in [0.1, 0.15) is 5.76 Å². The highest BCUT2D eigenvalue weighted by Crippen LogP contribution is 2.51. The van der Waals surface area contributed by atoms with Crippen molar-refractivity contribution in [3.8, 4) is 11.3 Å². The highest BCUT2D eigenvalue weighted by atomic mass is 19.1. The van der Waals surface area contributed by atoms with Crippen LogP contribution in [0.5, 0.6) is 0 Å². The van der Waals surface area contributed by atoms with Crippen LogP contribution >= 0.6 is 0 Å². The van der Waals surface area contributed by atoms with Gasteiger partial charge in [-0.25, -0.2) is 4.39 Å². The van der Waals surface area contributed by atoms with Crippen molar-refractivity contribution in [2.75, 3.05) is 5.32 Å². The maximum absolute atomic E-state index is 14.8. The lowest BCUT2D eigenvalue weighted by molar-refractivity contribution is -0.128. The maximum atomic E-state index is 14.8. The van der Waals surface area contributed by atoms with Gasteiger partial charge in [-0.3, -0.25) is 4.79 Å². The van der Waals surface area contributed by atoms with Crippen molar-refractivity contribution in [3.05, 3.63) is 42.2 Å². The van der Waals surface area contributed by atoms with Crippen molar-refractivity contribution >= 4 is 11.6 Å². The zero-order chi connectivity index (χ0) is 13.7. The number of carbonyl (C=O) groups is 1. The third kappa shape index (κ3) is 1.48. The minimum atomic E-state index is -1.72. The molecule has 2 heterocycles. The molecule has 4 rings (SSSR count). The molecule has 0 bridgehead atoms. The third-order valence-corrected chi connectivity index (χ3v) is 4.45. The van der Waals surface area contributed by atoms with E-state index >= 15 is 0 Å². The molecule has 20 heavy (non-hydrogen) atoms. The first-order valence-corrected chi connectivity index (χ1v) is 6.87. The largest absolute Gasteiger partial charge is 0.464 e. The summed E-state index contributed by atoms with van der Waals surface area (Å²) in [5.41, 5.74) is 0.779. The number of hydrogen-bond donors (Lipinski definition) is 1. The van der Waals surface area contributed by atoms with Crippen LogP contribution in [0.4, 0.5) is 10.1 Å². The minimum absolute atomic E-state index is 0.308.